The number of ether oxygens (including phenoxy) is 1. The molecule has 1 amide bonds. The lowest BCUT2D eigenvalue weighted by Crippen LogP contribution is -2.51. The predicted molar refractivity (Wildman–Crippen MR) is 102 cm³/mol. The first kappa shape index (κ1) is 19.1. The van der Waals surface area contributed by atoms with Crippen molar-refractivity contribution >= 4 is 5.91 Å². The first-order valence-electron chi connectivity index (χ1n) is 10.1. The molecule has 8 nitrogen and oxygen atoms in total. The SMILES string of the molecule is Cc1nc(CC2CCOC3(CCN(C(=O)c4c(C)nn(C)c4C)CC3)C2)no1. The highest BCUT2D eigenvalue weighted by molar-refractivity contribution is 5.96. The summed E-state index contributed by atoms with van der Waals surface area (Å²) in [4.78, 5) is 19.3. The first-order chi connectivity index (χ1) is 13.4. The maximum atomic E-state index is 13.0. The number of nitrogens with zero attached hydrogens (tertiary/aromatic N) is 5. The zero-order chi connectivity index (χ0) is 19.9. The second-order valence-corrected chi connectivity index (χ2v) is 8.29. The molecule has 4 rings (SSSR count). The third-order valence-corrected chi connectivity index (χ3v) is 6.32. The summed E-state index contributed by atoms with van der Waals surface area (Å²) in [7, 11) is 1.88. The number of rotatable bonds is 3. The minimum atomic E-state index is -0.127. The molecule has 1 atom stereocenters. The van der Waals surface area contributed by atoms with Crippen LogP contribution in [0.3, 0.4) is 0 Å². The molecule has 152 valence electrons. The molecule has 4 heterocycles. The lowest BCUT2D eigenvalue weighted by Gasteiger charge is -2.46. The average Bonchev–Trinajstić information content (AvgIpc) is 3.17. The molecule has 2 saturated heterocycles. The van der Waals surface area contributed by atoms with Crippen LogP contribution in [0.5, 0.6) is 0 Å². The van der Waals surface area contributed by atoms with Gasteiger partial charge >= 0.3 is 0 Å². The summed E-state index contributed by atoms with van der Waals surface area (Å²) in [6.07, 6.45) is 4.59. The number of aryl methyl sites for hydroxylation is 3. The van der Waals surface area contributed by atoms with Crippen LogP contribution in [-0.4, -0.2) is 56.0 Å². The zero-order valence-corrected chi connectivity index (χ0v) is 17.2. The molecule has 2 aromatic heterocycles. The third-order valence-electron chi connectivity index (χ3n) is 6.32. The number of piperidine rings is 1. The molecule has 28 heavy (non-hydrogen) atoms. The lowest BCUT2D eigenvalue weighted by molar-refractivity contribution is -0.123. The zero-order valence-electron chi connectivity index (χ0n) is 17.2. The largest absolute Gasteiger partial charge is 0.375 e. The van der Waals surface area contributed by atoms with Gasteiger partial charge in [-0.15, -0.1) is 0 Å². The number of hydrogen-bond donors (Lipinski definition) is 0. The number of aromatic nitrogens is 4. The fourth-order valence-electron chi connectivity index (χ4n) is 4.69. The van der Waals surface area contributed by atoms with Crippen LogP contribution in [0.25, 0.3) is 0 Å². The second-order valence-electron chi connectivity index (χ2n) is 8.29. The van der Waals surface area contributed by atoms with Crippen molar-refractivity contribution < 1.29 is 14.1 Å². The van der Waals surface area contributed by atoms with Crippen molar-refractivity contribution in [2.75, 3.05) is 19.7 Å². The molecular weight excluding hydrogens is 358 g/mol. The molecule has 0 aliphatic carbocycles. The summed E-state index contributed by atoms with van der Waals surface area (Å²) in [6.45, 7) is 7.88. The third kappa shape index (κ3) is 3.57. The summed E-state index contributed by atoms with van der Waals surface area (Å²) in [5.74, 6) is 1.99. The van der Waals surface area contributed by atoms with Crippen LogP contribution in [0.1, 0.15) is 59.1 Å². The van der Waals surface area contributed by atoms with Gasteiger partial charge in [-0.3, -0.25) is 9.48 Å². The van der Waals surface area contributed by atoms with Crippen molar-refractivity contribution in [3.8, 4) is 0 Å². The van der Waals surface area contributed by atoms with Gasteiger partial charge in [0.25, 0.3) is 5.91 Å². The lowest BCUT2D eigenvalue weighted by atomic mass is 9.78. The Bertz CT molecular complexity index is 863. The quantitative estimate of drug-likeness (QED) is 0.804. The predicted octanol–water partition coefficient (Wildman–Crippen LogP) is 2.37. The second kappa shape index (κ2) is 7.31. The van der Waals surface area contributed by atoms with E-state index in [1.54, 1.807) is 4.68 Å². The summed E-state index contributed by atoms with van der Waals surface area (Å²) < 4.78 is 13.1. The van der Waals surface area contributed by atoms with Crippen molar-refractivity contribution in [3.05, 3.63) is 28.7 Å². The van der Waals surface area contributed by atoms with Gasteiger partial charge in [0.05, 0.1) is 16.9 Å². The van der Waals surface area contributed by atoms with Crippen LogP contribution < -0.4 is 0 Å². The molecule has 2 aromatic rings. The van der Waals surface area contributed by atoms with E-state index in [9.17, 15) is 4.79 Å². The van der Waals surface area contributed by atoms with Gasteiger partial charge < -0.3 is 14.2 Å². The van der Waals surface area contributed by atoms with Crippen molar-refractivity contribution in [1.29, 1.82) is 0 Å². The Hall–Kier alpha value is -2.22. The van der Waals surface area contributed by atoms with Crippen molar-refractivity contribution in [3.63, 3.8) is 0 Å². The van der Waals surface area contributed by atoms with E-state index in [1.807, 2.05) is 32.7 Å². The molecule has 0 aromatic carbocycles. The fourth-order valence-corrected chi connectivity index (χ4v) is 4.69. The van der Waals surface area contributed by atoms with E-state index in [-0.39, 0.29) is 11.5 Å². The summed E-state index contributed by atoms with van der Waals surface area (Å²) >= 11 is 0. The van der Waals surface area contributed by atoms with Crippen molar-refractivity contribution in [1.82, 2.24) is 24.8 Å². The smallest absolute Gasteiger partial charge is 0.257 e. The molecule has 1 unspecified atom stereocenters. The Morgan fingerprint density at radius 1 is 1.25 bits per heavy atom. The maximum Gasteiger partial charge on any atom is 0.257 e. The van der Waals surface area contributed by atoms with E-state index in [4.69, 9.17) is 9.26 Å². The van der Waals surface area contributed by atoms with Gasteiger partial charge in [-0.25, -0.2) is 0 Å². The molecule has 0 bridgehead atoms. The highest BCUT2D eigenvalue weighted by atomic mass is 16.5. The molecule has 2 fully saturated rings. The molecular formula is C20H29N5O3. The van der Waals surface area contributed by atoms with Crippen LogP contribution in [0.2, 0.25) is 0 Å². The van der Waals surface area contributed by atoms with Crippen LogP contribution in [-0.2, 0) is 18.2 Å². The minimum absolute atomic E-state index is 0.0904. The molecule has 0 radical (unpaired) electrons. The molecule has 2 aliphatic rings. The van der Waals surface area contributed by atoms with Crippen LogP contribution in [0.15, 0.2) is 4.52 Å². The van der Waals surface area contributed by atoms with Crippen molar-refractivity contribution in [2.24, 2.45) is 13.0 Å². The topological polar surface area (TPSA) is 86.3 Å². The van der Waals surface area contributed by atoms with Crippen LogP contribution in [0, 0.1) is 26.7 Å². The van der Waals surface area contributed by atoms with Crippen molar-refractivity contribution in [2.45, 2.75) is 58.5 Å². The monoisotopic (exact) mass is 387 g/mol. The highest BCUT2D eigenvalue weighted by Gasteiger charge is 2.42. The Morgan fingerprint density at radius 2 is 2.00 bits per heavy atom. The number of amides is 1. The molecule has 2 aliphatic heterocycles. The number of hydrogen-bond acceptors (Lipinski definition) is 6. The van der Waals surface area contributed by atoms with Gasteiger partial charge in [0.1, 0.15) is 0 Å². The van der Waals surface area contributed by atoms with E-state index in [1.165, 1.54) is 0 Å². The Balaban J connectivity index is 1.39. The van der Waals surface area contributed by atoms with E-state index < -0.39 is 0 Å². The van der Waals surface area contributed by atoms with E-state index in [0.717, 1.165) is 74.6 Å². The minimum Gasteiger partial charge on any atom is -0.375 e. The number of carbonyl (C=O) groups excluding carboxylic acids is 1. The van der Waals surface area contributed by atoms with Gasteiger partial charge in [-0.2, -0.15) is 10.1 Å². The normalized spacial score (nSPS) is 22.0. The summed E-state index contributed by atoms with van der Waals surface area (Å²) in [6, 6.07) is 0. The highest BCUT2D eigenvalue weighted by Crippen LogP contribution is 2.39. The molecule has 8 heteroatoms. The van der Waals surface area contributed by atoms with Gasteiger partial charge in [-0.1, -0.05) is 5.16 Å². The number of carbonyl (C=O) groups is 1. The van der Waals surface area contributed by atoms with Crippen LogP contribution >= 0.6 is 0 Å². The number of likely N-dealkylation sites (tertiary alicyclic amines) is 1. The molecule has 0 saturated carbocycles. The van der Waals surface area contributed by atoms with Gasteiger partial charge in [-0.05, 0) is 45.4 Å². The fraction of sp³-hybridized carbons (Fsp3) is 0.700. The molecule has 0 N–H and O–H groups in total. The molecule has 1 spiro atoms. The van der Waals surface area contributed by atoms with Gasteiger partial charge in [0, 0.05) is 45.8 Å². The van der Waals surface area contributed by atoms with Gasteiger partial charge in [0.15, 0.2) is 5.82 Å². The first-order valence-corrected chi connectivity index (χ1v) is 10.1. The Kier molecular flexibility index (Phi) is 4.99. The van der Waals surface area contributed by atoms with Crippen LogP contribution in [0.4, 0.5) is 0 Å². The maximum absolute atomic E-state index is 13.0. The summed E-state index contributed by atoms with van der Waals surface area (Å²) in [5, 5.41) is 8.43. The Labute approximate surface area is 165 Å². The van der Waals surface area contributed by atoms with Gasteiger partial charge in [0.2, 0.25) is 5.89 Å². The Morgan fingerprint density at radius 3 is 2.61 bits per heavy atom. The van der Waals surface area contributed by atoms with E-state index >= 15 is 0 Å². The average molecular weight is 387 g/mol. The standard InChI is InChI=1S/C20H29N5O3/c1-13-18(14(2)24(4)22-13)19(26)25-8-6-20(7-9-25)12-16(5-10-27-20)11-17-21-15(3)28-23-17/h16H,5-12H2,1-4H3. The van der Waals surface area contributed by atoms with E-state index in [0.29, 0.717) is 11.8 Å². The summed E-state index contributed by atoms with van der Waals surface area (Å²) in [5.41, 5.74) is 2.34. The van der Waals surface area contributed by atoms with E-state index in [2.05, 4.69) is 15.2 Å².